The molecule has 1 atom stereocenters. The van der Waals surface area contributed by atoms with Crippen LogP contribution in [0.4, 0.5) is 10.5 Å². The van der Waals surface area contributed by atoms with Crippen molar-refractivity contribution in [3.05, 3.63) is 53.6 Å². The summed E-state index contributed by atoms with van der Waals surface area (Å²) in [6.07, 6.45) is 0.434. The van der Waals surface area contributed by atoms with Gasteiger partial charge in [-0.2, -0.15) is 0 Å². The van der Waals surface area contributed by atoms with Crippen molar-refractivity contribution in [1.29, 1.82) is 0 Å². The van der Waals surface area contributed by atoms with Crippen molar-refractivity contribution in [3.8, 4) is 11.5 Å². The average Bonchev–Trinajstić information content (AvgIpc) is 2.72. The van der Waals surface area contributed by atoms with Gasteiger partial charge in [-0.1, -0.05) is 25.1 Å². The average molecular weight is 383 g/mol. The number of hydrogen-bond acceptors (Lipinski definition) is 4. The number of benzene rings is 2. The summed E-state index contributed by atoms with van der Waals surface area (Å²) < 4.78 is 11.0. The van der Waals surface area contributed by atoms with E-state index in [1.54, 1.807) is 6.92 Å². The van der Waals surface area contributed by atoms with E-state index in [0.29, 0.717) is 31.9 Å². The number of amides is 3. The molecule has 0 fully saturated rings. The first-order valence-electron chi connectivity index (χ1n) is 9.38. The third kappa shape index (κ3) is 5.16. The van der Waals surface area contributed by atoms with Gasteiger partial charge in [0.2, 0.25) is 5.91 Å². The van der Waals surface area contributed by atoms with Gasteiger partial charge in [-0.15, -0.1) is 0 Å². The number of urea groups is 1. The first-order valence-corrected chi connectivity index (χ1v) is 9.38. The first-order chi connectivity index (χ1) is 13.5. The molecule has 1 aliphatic rings. The lowest BCUT2D eigenvalue weighted by molar-refractivity contribution is -0.115. The minimum atomic E-state index is -0.259. The molecular weight excluding hydrogens is 358 g/mol. The fraction of sp³-hybridized carbons (Fsp3) is 0.333. The molecule has 0 spiro atoms. The van der Waals surface area contributed by atoms with Gasteiger partial charge in [0.1, 0.15) is 13.2 Å². The lowest BCUT2D eigenvalue weighted by Crippen LogP contribution is -2.36. The molecule has 0 bridgehead atoms. The van der Waals surface area contributed by atoms with Gasteiger partial charge >= 0.3 is 6.03 Å². The second kappa shape index (κ2) is 9.12. The fourth-order valence-corrected chi connectivity index (χ4v) is 2.82. The lowest BCUT2D eigenvalue weighted by atomic mass is 10.1. The highest BCUT2D eigenvalue weighted by molar-refractivity contribution is 5.90. The monoisotopic (exact) mass is 383 g/mol. The van der Waals surface area contributed by atoms with Crippen LogP contribution in [0, 0.1) is 0 Å². The second-order valence-corrected chi connectivity index (χ2v) is 6.55. The SMILES string of the molecule is CCC(=O)Nc1ccc(C(C)NC(=O)NCc2ccc3c(c2)OCCO3)cc1. The topological polar surface area (TPSA) is 88.7 Å². The van der Waals surface area contributed by atoms with Crippen LogP contribution in [0.25, 0.3) is 0 Å². The molecule has 2 aromatic carbocycles. The highest BCUT2D eigenvalue weighted by Crippen LogP contribution is 2.30. The van der Waals surface area contributed by atoms with Crippen molar-refractivity contribution < 1.29 is 19.1 Å². The minimum absolute atomic E-state index is 0.0301. The second-order valence-electron chi connectivity index (χ2n) is 6.55. The normalized spacial score (nSPS) is 13.4. The van der Waals surface area contributed by atoms with E-state index in [0.717, 1.165) is 22.6 Å². The van der Waals surface area contributed by atoms with E-state index in [4.69, 9.17) is 9.47 Å². The molecular formula is C21H25N3O4. The lowest BCUT2D eigenvalue weighted by Gasteiger charge is -2.19. The predicted octanol–water partition coefficient (Wildman–Crippen LogP) is 3.37. The van der Waals surface area contributed by atoms with Gasteiger partial charge in [0.15, 0.2) is 11.5 Å². The van der Waals surface area contributed by atoms with Gasteiger partial charge in [0.25, 0.3) is 0 Å². The summed E-state index contributed by atoms with van der Waals surface area (Å²) in [5.41, 5.74) is 2.62. The Morgan fingerprint density at radius 2 is 1.75 bits per heavy atom. The van der Waals surface area contributed by atoms with Crippen LogP contribution in [0.2, 0.25) is 0 Å². The Kier molecular flexibility index (Phi) is 6.37. The zero-order valence-electron chi connectivity index (χ0n) is 16.1. The van der Waals surface area contributed by atoms with Gasteiger partial charge in [-0.25, -0.2) is 4.79 Å². The van der Waals surface area contributed by atoms with E-state index in [9.17, 15) is 9.59 Å². The van der Waals surface area contributed by atoms with Crippen LogP contribution < -0.4 is 25.4 Å². The number of ether oxygens (including phenoxy) is 2. The number of nitrogens with one attached hydrogen (secondary N) is 3. The number of anilines is 1. The zero-order valence-corrected chi connectivity index (χ0v) is 16.1. The van der Waals surface area contributed by atoms with E-state index in [1.165, 1.54) is 0 Å². The quantitative estimate of drug-likeness (QED) is 0.714. The molecule has 7 nitrogen and oxygen atoms in total. The smallest absolute Gasteiger partial charge is 0.315 e. The molecule has 0 aromatic heterocycles. The Balaban J connectivity index is 1.49. The maximum Gasteiger partial charge on any atom is 0.315 e. The molecule has 0 radical (unpaired) electrons. The Morgan fingerprint density at radius 3 is 2.46 bits per heavy atom. The van der Waals surface area contributed by atoms with E-state index in [2.05, 4.69) is 16.0 Å². The maximum atomic E-state index is 12.2. The molecule has 3 N–H and O–H groups in total. The van der Waals surface area contributed by atoms with Crippen LogP contribution in [-0.4, -0.2) is 25.2 Å². The Hall–Kier alpha value is -3.22. The fourth-order valence-electron chi connectivity index (χ4n) is 2.82. The van der Waals surface area contributed by atoms with Crippen molar-refractivity contribution in [2.24, 2.45) is 0 Å². The van der Waals surface area contributed by atoms with Crippen LogP contribution in [0.5, 0.6) is 11.5 Å². The van der Waals surface area contributed by atoms with E-state index in [1.807, 2.05) is 49.4 Å². The van der Waals surface area contributed by atoms with Crippen LogP contribution in [0.3, 0.4) is 0 Å². The summed E-state index contributed by atoms with van der Waals surface area (Å²) in [6, 6.07) is 12.6. The summed E-state index contributed by atoms with van der Waals surface area (Å²) in [5, 5.41) is 8.56. The largest absolute Gasteiger partial charge is 0.486 e. The van der Waals surface area contributed by atoms with Crippen molar-refractivity contribution in [2.45, 2.75) is 32.9 Å². The number of carbonyl (C=O) groups is 2. The zero-order chi connectivity index (χ0) is 19.9. The summed E-state index contributed by atoms with van der Waals surface area (Å²) >= 11 is 0. The van der Waals surface area contributed by atoms with E-state index < -0.39 is 0 Å². The molecule has 0 saturated heterocycles. The van der Waals surface area contributed by atoms with Gasteiger partial charge < -0.3 is 25.4 Å². The molecule has 2 aromatic rings. The number of fused-ring (bicyclic) bond motifs is 1. The molecule has 1 unspecified atom stereocenters. The summed E-state index contributed by atoms with van der Waals surface area (Å²) in [6.45, 7) is 5.18. The number of carbonyl (C=O) groups excluding carboxylic acids is 2. The third-order valence-electron chi connectivity index (χ3n) is 4.42. The molecule has 3 rings (SSSR count). The standard InChI is InChI=1S/C21H25N3O4/c1-3-20(25)24-17-7-5-16(6-8-17)14(2)23-21(26)22-13-15-4-9-18-19(12-15)28-11-10-27-18/h4-9,12,14H,3,10-11,13H2,1-2H3,(H,24,25)(H2,22,23,26). The molecule has 3 amide bonds. The molecule has 7 heteroatoms. The van der Waals surface area contributed by atoms with Crippen molar-refractivity contribution in [2.75, 3.05) is 18.5 Å². The highest BCUT2D eigenvalue weighted by atomic mass is 16.6. The predicted molar refractivity (Wildman–Crippen MR) is 107 cm³/mol. The highest BCUT2D eigenvalue weighted by Gasteiger charge is 2.13. The number of rotatable bonds is 6. The Bertz CT molecular complexity index is 836. The van der Waals surface area contributed by atoms with Crippen molar-refractivity contribution in [3.63, 3.8) is 0 Å². The van der Waals surface area contributed by atoms with Crippen LogP contribution in [-0.2, 0) is 11.3 Å². The van der Waals surface area contributed by atoms with Gasteiger partial charge in [-0.3, -0.25) is 4.79 Å². The maximum absolute atomic E-state index is 12.2. The van der Waals surface area contributed by atoms with Crippen LogP contribution in [0.15, 0.2) is 42.5 Å². The first kappa shape index (κ1) is 19.5. The minimum Gasteiger partial charge on any atom is -0.486 e. The number of hydrogen-bond donors (Lipinski definition) is 3. The van der Waals surface area contributed by atoms with Crippen molar-refractivity contribution >= 4 is 17.6 Å². The van der Waals surface area contributed by atoms with Crippen molar-refractivity contribution in [1.82, 2.24) is 10.6 Å². The summed E-state index contributed by atoms with van der Waals surface area (Å²) in [7, 11) is 0. The van der Waals surface area contributed by atoms with E-state index in [-0.39, 0.29) is 18.0 Å². The molecule has 148 valence electrons. The summed E-state index contributed by atoms with van der Waals surface area (Å²) in [5.74, 6) is 1.40. The van der Waals surface area contributed by atoms with E-state index >= 15 is 0 Å². The Labute approximate surface area is 164 Å². The van der Waals surface area contributed by atoms with Crippen LogP contribution in [0.1, 0.15) is 37.4 Å². The molecule has 28 heavy (non-hydrogen) atoms. The van der Waals surface area contributed by atoms with Gasteiger partial charge in [0.05, 0.1) is 6.04 Å². The molecule has 1 aliphatic heterocycles. The van der Waals surface area contributed by atoms with Crippen LogP contribution >= 0.6 is 0 Å². The Morgan fingerprint density at radius 1 is 1.04 bits per heavy atom. The van der Waals surface area contributed by atoms with Gasteiger partial charge in [0, 0.05) is 18.7 Å². The molecule has 1 heterocycles. The third-order valence-corrected chi connectivity index (χ3v) is 4.42. The summed E-state index contributed by atoms with van der Waals surface area (Å²) in [4.78, 5) is 23.6. The molecule has 0 saturated carbocycles. The molecule has 0 aliphatic carbocycles. The van der Waals surface area contributed by atoms with Gasteiger partial charge in [-0.05, 0) is 42.3 Å².